The molecule has 0 aliphatic carbocycles. The molecule has 0 bridgehead atoms. The number of nitrogens with zero attached hydrogens (tertiary/aromatic N) is 3. The van der Waals surface area contributed by atoms with Gasteiger partial charge in [0, 0.05) is 29.5 Å². The van der Waals surface area contributed by atoms with Crippen LogP contribution in [-0.4, -0.2) is 53.6 Å². The first-order valence-corrected chi connectivity index (χ1v) is 11.9. The van der Waals surface area contributed by atoms with Crippen LogP contribution in [0.2, 0.25) is 5.02 Å². The van der Waals surface area contributed by atoms with Crippen molar-refractivity contribution in [3.8, 4) is 17.2 Å². The van der Waals surface area contributed by atoms with Gasteiger partial charge < -0.3 is 24.4 Å². The lowest BCUT2D eigenvalue weighted by atomic mass is 9.99. The van der Waals surface area contributed by atoms with E-state index in [1.807, 2.05) is 26.8 Å². The minimum Gasteiger partial charge on any atom is -0.493 e. The summed E-state index contributed by atoms with van der Waals surface area (Å²) in [7, 11) is 4.46. The number of rotatable bonds is 9. The molecule has 9 nitrogen and oxygen atoms in total. The first-order valence-electron chi connectivity index (χ1n) is 11.5. The van der Waals surface area contributed by atoms with Gasteiger partial charge in [-0.1, -0.05) is 29.8 Å². The van der Waals surface area contributed by atoms with Crippen molar-refractivity contribution in [2.24, 2.45) is 0 Å². The molecule has 3 rings (SSSR count). The molecule has 10 heteroatoms. The summed E-state index contributed by atoms with van der Waals surface area (Å²) in [4.78, 5) is 37.4. The Morgan fingerprint density at radius 3 is 2.19 bits per heavy atom. The number of nitrogens with one attached hydrogen (secondary N) is 1. The number of carbonyl (C=O) groups is 2. The average molecular weight is 527 g/mol. The van der Waals surface area contributed by atoms with Gasteiger partial charge in [0.25, 0.3) is 5.91 Å². The number of methoxy groups -OCH3 is 3. The van der Waals surface area contributed by atoms with Gasteiger partial charge in [0.2, 0.25) is 11.7 Å². The molecule has 0 radical (unpaired) electrons. The van der Waals surface area contributed by atoms with E-state index in [4.69, 9.17) is 25.8 Å². The minimum atomic E-state index is -1.11. The first kappa shape index (κ1) is 27.7. The number of hydrogen-bond acceptors (Lipinski definition) is 7. The predicted octanol–water partition coefficient (Wildman–Crippen LogP) is 4.45. The molecule has 2 amide bonds. The van der Waals surface area contributed by atoms with Gasteiger partial charge in [-0.15, -0.1) is 0 Å². The molecule has 1 N–H and O–H groups in total. The van der Waals surface area contributed by atoms with Gasteiger partial charge in [-0.3, -0.25) is 14.6 Å². The molecular formula is C27H31ClN4O5. The molecule has 0 saturated carbocycles. The fourth-order valence-corrected chi connectivity index (χ4v) is 4.01. The zero-order chi connectivity index (χ0) is 27.2. The Labute approximate surface area is 221 Å². The van der Waals surface area contributed by atoms with Crippen LogP contribution in [-0.2, 0) is 11.3 Å². The molecule has 0 spiro atoms. The molecule has 0 aliphatic rings. The van der Waals surface area contributed by atoms with Crippen molar-refractivity contribution in [2.45, 2.75) is 38.9 Å². The van der Waals surface area contributed by atoms with Crippen LogP contribution in [0.5, 0.6) is 17.2 Å². The highest BCUT2D eigenvalue weighted by Gasteiger charge is 2.36. The Bertz CT molecular complexity index is 1220. The summed E-state index contributed by atoms with van der Waals surface area (Å²) in [5, 5.41) is 3.45. The van der Waals surface area contributed by atoms with E-state index in [9.17, 15) is 9.59 Å². The lowest BCUT2D eigenvalue weighted by Crippen LogP contribution is -2.49. The van der Waals surface area contributed by atoms with Gasteiger partial charge in [-0.05, 0) is 50.1 Å². The quantitative estimate of drug-likeness (QED) is 0.439. The zero-order valence-electron chi connectivity index (χ0n) is 21.7. The van der Waals surface area contributed by atoms with Crippen LogP contribution in [0.25, 0.3) is 0 Å². The summed E-state index contributed by atoms with van der Waals surface area (Å²) < 4.78 is 16.5. The van der Waals surface area contributed by atoms with Gasteiger partial charge >= 0.3 is 0 Å². The molecule has 0 fully saturated rings. The number of amides is 2. The van der Waals surface area contributed by atoms with Gasteiger partial charge in [-0.25, -0.2) is 4.98 Å². The van der Waals surface area contributed by atoms with Crippen molar-refractivity contribution in [1.82, 2.24) is 20.2 Å². The second kappa shape index (κ2) is 11.9. The lowest BCUT2D eigenvalue weighted by molar-refractivity contribution is -0.127. The molecule has 0 saturated heterocycles. The number of ether oxygens (including phenoxy) is 3. The standard InChI is InChI=1S/C27H31ClN4O5/c1-27(2,3)31-25(33)23(18-13-21(35-4)24(37-6)22(14-18)36-5)32(16-17-9-7-8-10-19(17)28)26(34)20-15-29-11-12-30-20/h7-15,23H,16H2,1-6H3,(H,31,33)/t23-/m0/s1. The van der Waals surface area contributed by atoms with Gasteiger partial charge in [-0.2, -0.15) is 0 Å². The number of halogens is 1. The van der Waals surface area contributed by atoms with Gasteiger partial charge in [0.15, 0.2) is 11.5 Å². The third-order valence-corrected chi connectivity index (χ3v) is 5.77. The number of carbonyl (C=O) groups excluding carboxylic acids is 2. The molecule has 37 heavy (non-hydrogen) atoms. The number of aromatic nitrogens is 2. The second-order valence-corrected chi connectivity index (χ2v) is 9.62. The molecule has 1 aromatic heterocycles. The van der Waals surface area contributed by atoms with Crippen molar-refractivity contribution >= 4 is 23.4 Å². The highest BCUT2D eigenvalue weighted by molar-refractivity contribution is 6.31. The molecule has 196 valence electrons. The Kier molecular flexibility index (Phi) is 8.94. The van der Waals surface area contributed by atoms with Crippen molar-refractivity contribution < 1.29 is 23.8 Å². The van der Waals surface area contributed by atoms with Crippen molar-refractivity contribution in [2.75, 3.05) is 21.3 Å². The van der Waals surface area contributed by atoms with E-state index in [2.05, 4.69) is 15.3 Å². The Hall–Kier alpha value is -3.85. The van der Waals surface area contributed by atoms with E-state index in [1.165, 1.54) is 44.8 Å². The monoisotopic (exact) mass is 526 g/mol. The Morgan fingerprint density at radius 1 is 1.03 bits per heavy atom. The third-order valence-electron chi connectivity index (χ3n) is 5.40. The predicted molar refractivity (Wildman–Crippen MR) is 140 cm³/mol. The van der Waals surface area contributed by atoms with E-state index in [-0.39, 0.29) is 12.2 Å². The van der Waals surface area contributed by atoms with Crippen LogP contribution < -0.4 is 19.5 Å². The van der Waals surface area contributed by atoms with Crippen molar-refractivity contribution in [3.05, 3.63) is 76.8 Å². The molecule has 2 aromatic carbocycles. The van der Waals surface area contributed by atoms with Crippen LogP contribution in [0.1, 0.15) is 48.4 Å². The highest BCUT2D eigenvalue weighted by atomic mass is 35.5. The van der Waals surface area contributed by atoms with E-state index in [0.29, 0.717) is 33.4 Å². The lowest BCUT2D eigenvalue weighted by Gasteiger charge is -2.34. The van der Waals surface area contributed by atoms with Crippen LogP contribution in [0.15, 0.2) is 55.0 Å². The van der Waals surface area contributed by atoms with E-state index < -0.39 is 23.4 Å². The zero-order valence-corrected chi connectivity index (χ0v) is 22.5. The maximum absolute atomic E-state index is 13.9. The van der Waals surface area contributed by atoms with Crippen LogP contribution >= 0.6 is 11.6 Å². The molecule has 0 unspecified atom stereocenters. The smallest absolute Gasteiger partial charge is 0.275 e. The summed E-state index contributed by atoms with van der Waals surface area (Å²) >= 11 is 6.47. The van der Waals surface area contributed by atoms with Crippen LogP contribution in [0, 0.1) is 0 Å². The SMILES string of the molecule is COc1cc([C@@H](C(=O)NC(C)(C)C)N(Cc2ccccc2Cl)C(=O)c2cnccn2)cc(OC)c1OC. The Morgan fingerprint density at radius 2 is 1.68 bits per heavy atom. The fourth-order valence-electron chi connectivity index (χ4n) is 3.82. The summed E-state index contributed by atoms with van der Waals surface area (Å²) in [6, 6.07) is 9.33. The second-order valence-electron chi connectivity index (χ2n) is 9.22. The minimum absolute atomic E-state index is 0.0218. The summed E-state index contributed by atoms with van der Waals surface area (Å²) in [6.07, 6.45) is 4.25. The van der Waals surface area contributed by atoms with Gasteiger partial charge in [0.05, 0.1) is 27.5 Å². The third kappa shape index (κ3) is 6.68. The summed E-state index contributed by atoms with van der Waals surface area (Å²) in [5.41, 5.74) is 0.597. The summed E-state index contributed by atoms with van der Waals surface area (Å²) in [5.74, 6) is 0.133. The maximum atomic E-state index is 13.9. The molecular weight excluding hydrogens is 496 g/mol. The van der Waals surface area contributed by atoms with Crippen LogP contribution in [0.4, 0.5) is 0 Å². The van der Waals surface area contributed by atoms with E-state index >= 15 is 0 Å². The largest absolute Gasteiger partial charge is 0.493 e. The highest BCUT2D eigenvalue weighted by Crippen LogP contribution is 2.41. The Balaban J connectivity index is 2.26. The first-order chi connectivity index (χ1) is 17.6. The average Bonchev–Trinajstić information content (AvgIpc) is 2.87. The topological polar surface area (TPSA) is 103 Å². The van der Waals surface area contributed by atoms with E-state index in [0.717, 1.165) is 0 Å². The van der Waals surface area contributed by atoms with Crippen LogP contribution in [0.3, 0.4) is 0 Å². The molecule has 3 aromatic rings. The molecule has 0 aliphatic heterocycles. The number of hydrogen-bond donors (Lipinski definition) is 1. The van der Waals surface area contributed by atoms with Crippen molar-refractivity contribution in [3.63, 3.8) is 0 Å². The number of benzene rings is 2. The van der Waals surface area contributed by atoms with Crippen molar-refractivity contribution in [1.29, 1.82) is 0 Å². The normalized spacial score (nSPS) is 11.9. The molecule has 1 atom stereocenters. The fraction of sp³-hybridized carbons (Fsp3) is 0.333. The maximum Gasteiger partial charge on any atom is 0.275 e. The molecule has 1 heterocycles. The van der Waals surface area contributed by atoms with E-state index in [1.54, 1.807) is 30.3 Å². The summed E-state index contributed by atoms with van der Waals surface area (Å²) in [6.45, 7) is 5.61. The van der Waals surface area contributed by atoms with Gasteiger partial charge in [0.1, 0.15) is 11.7 Å².